The number of hydrogen-bond acceptors (Lipinski definition) is 3. The van der Waals surface area contributed by atoms with Crippen LogP contribution in [0.4, 0.5) is 0 Å². The van der Waals surface area contributed by atoms with Gasteiger partial charge in [-0.1, -0.05) is 30.3 Å². The molecule has 1 atom stereocenters. The van der Waals surface area contributed by atoms with Crippen molar-refractivity contribution in [2.24, 2.45) is 16.6 Å². The molecule has 1 amide bonds. The lowest BCUT2D eigenvalue weighted by molar-refractivity contribution is -0.131. The van der Waals surface area contributed by atoms with Crippen LogP contribution in [0.2, 0.25) is 0 Å². The standard InChI is InChI=1S/C13H15N3O/c1-16-11(17)13(10-7-8-10,15-12(16)14)9-5-3-2-4-6-9/h2-6,10H,7-8H2,1H3,(H2,14,15). The normalized spacial score (nSPS) is 28.4. The van der Waals surface area contributed by atoms with Gasteiger partial charge < -0.3 is 5.73 Å². The minimum Gasteiger partial charge on any atom is -0.369 e. The quantitative estimate of drug-likeness (QED) is 0.825. The summed E-state index contributed by atoms with van der Waals surface area (Å²) in [7, 11) is 1.69. The Morgan fingerprint density at radius 2 is 2.00 bits per heavy atom. The summed E-state index contributed by atoms with van der Waals surface area (Å²) in [6.07, 6.45) is 2.09. The van der Waals surface area contributed by atoms with Gasteiger partial charge in [-0.25, -0.2) is 4.99 Å². The Balaban J connectivity index is 2.15. The first-order valence-corrected chi connectivity index (χ1v) is 5.85. The second-order valence-corrected chi connectivity index (χ2v) is 4.74. The van der Waals surface area contributed by atoms with Gasteiger partial charge in [0.1, 0.15) is 0 Å². The number of rotatable bonds is 2. The Hall–Kier alpha value is -1.84. The fraction of sp³-hybridized carbons (Fsp3) is 0.385. The van der Waals surface area contributed by atoms with Gasteiger partial charge in [0.15, 0.2) is 11.5 Å². The number of hydrogen-bond donors (Lipinski definition) is 1. The van der Waals surface area contributed by atoms with Gasteiger partial charge in [0.05, 0.1) is 0 Å². The van der Waals surface area contributed by atoms with Crippen molar-refractivity contribution in [1.29, 1.82) is 0 Å². The molecule has 2 N–H and O–H groups in total. The molecule has 1 heterocycles. The summed E-state index contributed by atoms with van der Waals surface area (Å²) >= 11 is 0. The largest absolute Gasteiger partial charge is 0.369 e. The molecule has 1 aromatic rings. The Morgan fingerprint density at radius 3 is 2.47 bits per heavy atom. The average Bonchev–Trinajstić information content (AvgIpc) is 3.16. The molecule has 1 aromatic carbocycles. The molecule has 0 aromatic heterocycles. The maximum absolute atomic E-state index is 12.5. The second kappa shape index (κ2) is 3.32. The first kappa shape index (κ1) is 10.3. The van der Waals surface area contributed by atoms with E-state index in [1.807, 2.05) is 30.3 Å². The van der Waals surface area contributed by atoms with Gasteiger partial charge in [-0.2, -0.15) is 0 Å². The predicted octanol–water partition coefficient (Wildman–Crippen LogP) is 1.08. The highest BCUT2D eigenvalue weighted by Crippen LogP contribution is 2.51. The Kier molecular flexibility index (Phi) is 2.02. The molecule has 0 spiro atoms. The zero-order valence-corrected chi connectivity index (χ0v) is 9.76. The molecule has 0 radical (unpaired) electrons. The zero-order valence-electron chi connectivity index (χ0n) is 9.76. The molecule has 4 nitrogen and oxygen atoms in total. The number of benzene rings is 1. The van der Waals surface area contributed by atoms with Gasteiger partial charge in [0.25, 0.3) is 5.91 Å². The van der Waals surface area contributed by atoms with Gasteiger partial charge >= 0.3 is 0 Å². The number of guanidine groups is 1. The van der Waals surface area contributed by atoms with Crippen molar-refractivity contribution in [3.8, 4) is 0 Å². The highest BCUT2D eigenvalue weighted by atomic mass is 16.2. The molecule has 17 heavy (non-hydrogen) atoms. The van der Waals surface area contributed by atoms with Crippen molar-refractivity contribution in [3.05, 3.63) is 35.9 Å². The molecule has 2 aliphatic rings. The SMILES string of the molecule is CN1C(=O)C(c2ccccc2)(C2CC2)N=C1N. The van der Waals surface area contributed by atoms with E-state index in [4.69, 9.17) is 5.73 Å². The molecule has 1 aliphatic carbocycles. The van der Waals surface area contributed by atoms with Crippen molar-refractivity contribution in [1.82, 2.24) is 4.90 Å². The molecule has 0 saturated heterocycles. The second-order valence-electron chi connectivity index (χ2n) is 4.74. The number of nitrogens with zero attached hydrogens (tertiary/aromatic N) is 2. The van der Waals surface area contributed by atoms with E-state index in [0.717, 1.165) is 18.4 Å². The number of amides is 1. The number of carbonyl (C=O) groups is 1. The van der Waals surface area contributed by atoms with Crippen LogP contribution in [0.15, 0.2) is 35.3 Å². The third-order valence-corrected chi connectivity index (χ3v) is 3.65. The number of likely N-dealkylation sites (N-methyl/N-ethyl adjacent to an activating group) is 1. The summed E-state index contributed by atoms with van der Waals surface area (Å²) in [6, 6.07) is 9.76. The smallest absolute Gasteiger partial charge is 0.261 e. The molecule has 88 valence electrons. The van der Waals surface area contributed by atoms with Crippen molar-refractivity contribution < 1.29 is 4.79 Å². The Bertz CT molecular complexity index is 493. The van der Waals surface area contributed by atoms with E-state index in [-0.39, 0.29) is 5.91 Å². The molecule has 1 aliphatic heterocycles. The van der Waals surface area contributed by atoms with Crippen LogP contribution in [-0.2, 0) is 10.3 Å². The topological polar surface area (TPSA) is 58.7 Å². The van der Waals surface area contributed by atoms with E-state index in [9.17, 15) is 4.79 Å². The first-order valence-electron chi connectivity index (χ1n) is 5.85. The van der Waals surface area contributed by atoms with E-state index < -0.39 is 5.54 Å². The lowest BCUT2D eigenvalue weighted by Gasteiger charge is -2.25. The van der Waals surface area contributed by atoms with Crippen LogP contribution in [0, 0.1) is 5.92 Å². The minimum atomic E-state index is -0.750. The molecule has 3 rings (SSSR count). The predicted molar refractivity (Wildman–Crippen MR) is 65.2 cm³/mol. The summed E-state index contributed by atoms with van der Waals surface area (Å²) < 4.78 is 0. The maximum atomic E-state index is 12.5. The first-order chi connectivity index (χ1) is 8.16. The number of nitrogens with two attached hydrogens (primary N) is 1. The van der Waals surface area contributed by atoms with Gasteiger partial charge in [-0.3, -0.25) is 9.69 Å². The molecule has 1 unspecified atom stereocenters. The third kappa shape index (κ3) is 1.30. The zero-order chi connectivity index (χ0) is 12.0. The van der Waals surface area contributed by atoms with Gasteiger partial charge in [0.2, 0.25) is 0 Å². The monoisotopic (exact) mass is 229 g/mol. The highest BCUT2D eigenvalue weighted by molar-refractivity contribution is 6.07. The van der Waals surface area contributed by atoms with Gasteiger partial charge in [-0.15, -0.1) is 0 Å². The van der Waals surface area contributed by atoms with Gasteiger partial charge in [0, 0.05) is 7.05 Å². The van der Waals surface area contributed by atoms with Crippen molar-refractivity contribution >= 4 is 11.9 Å². The maximum Gasteiger partial charge on any atom is 0.261 e. The van der Waals surface area contributed by atoms with Gasteiger partial charge in [-0.05, 0) is 24.3 Å². The van der Waals surface area contributed by atoms with Crippen LogP contribution in [0.3, 0.4) is 0 Å². The summed E-state index contributed by atoms with van der Waals surface area (Å²) in [5, 5.41) is 0. The Morgan fingerprint density at radius 1 is 1.35 bits per heavy atom. The van der Waals surface area contributed by atoms with Crippen LogP contribution in [0.5, 0.6) is 0 Å². The Labute approximate surface area is 100 Å². The van der Waals surface area contributed by atoms with Crippen molar-refractivity contribution in [3.63, 3.8) is 0 Å². The number of carbonyl (C=O) groups excluding carboxylic acids is 1. The summed E-state index contributed by atoms with van der Waals surface area (Å²) in [4.78, 5) is 18.4. The van der Waals surface area contributed by atoms with Crippen LogP contribution in [0.25, 0.3) is 0 Å². The third-order valence-electron chi connectivity index (χ3n) is 3.65. The van der Waals surface area contributed by atoms with E-state index in [1.54, 1.807) is 7.05 Å². The average molecular weight is 229 g/mol. The molecule has 1 fully saturated rings. The summed E-state index contributed by atoms with van der Waals surface area (Å²) in [5.74, 6) is 0.635. The van der Waals surface area contributed by atoms with Crippen LogP contribution < -0.4 is 5.73 Å². The van der Waals surface area contributed by atoms with Crippen LogP contribution in [0.1, 0.15) is 18.4 Å². The fourth-order valence-electron chi connectivity index (χ4n) is 2.55. The van der Waals surface area contributed by atoms with E-state index in [0.29, 0.717) is 11.9 Å². The van der Waals surface area contributed by atoms with Crippen LogP contribution >= 0.6 is 0 Å². The van der Waals surface area contributed by atoms with E-state index in [1.165, 1.54) is 4.90 Å². The van der Waals surface area contributed by atoms with Crippen molar-refractivity contribution in [2.75, 3.05) is 7.05 Å². The summed E-state index contributed by atoms with van der Waals surface area (Å²) in [6.45, 7) is 0. The molecule has 4 heteroatoms. The number of aliphatic imine (C=N–C) groups is 1. The van der Waals surface area contributed by atoms with E-state index >= 15 is 0 Å². The molecular formula is C13H15N3O. The highest BCUT2D eigenvalue weighted by Gasteiger charge is 2.57. The molecule has 0 bridgehead atoms. The lowest BCUT2D eigenvalue weighted by atomic mass is 9.85. The fourth-order valence-corrected chi connectivity index (χ4v) is 2.55. The molecule has 1 saturated carbocycles. The summed E-state index contributed by atoms with van der Waals surface area (Å²) in [5.41, 5.74) is 6.01. The van der Waals surface area contributed by atoms with Crippen molar-refractivity contribution in [2.45, 2.75) is 18.4 Å². The lowest BCUT2D eigenvalue weighted by Crippen LogP contribution is -2.41. The van der Waals surface area contributed by atoms with Crippen LogP contribution in [-0.4, -0.2) is 23.8 Å². The molecular weight excluding hydrogens is 214 g/mol. The van der Waals surface area contributed by atoms with E-state index in [2.05, 4.69) is 4.99 Å². The minimum absolute atomic E-state index is 0.00343.